The predicted molar refractivity (Wildman–Crippen MR) is 77.0 cm³/mol. The molecule has 1 aliphatic rings. The van der Waals surface area contributed by atoms with Gasteiger partial charge < -0.3 is 15.0 Å². The molecule has 1 fully saturated rings. The predicted octanol–water partition coefficient (Wildman–Crippen LogP) is 1.10. The van der Waals surface area contributed by atoms with Gasteiger partial charge in [0.1, 0.15) is 0 Å². The number of carbonyl (C=O) groups is 3. The van der Waals surface area contributed by atoms with Gasteiger partial charge in [0.05, 0.1) is 18.4 Å². The van der Waals surface area contributed by atoms with Crippen LogP contribution < -0.4 is 10.2 Å². The van der Waals surface area contributed by atoms with Crippen LogP contribution in [-0.4, -0.2) is 38.0 Å². The Morgan fingerprint density at radius 2 is 2.10 bits per heavy atom. The van der Waals surface area contributed by atoms with Gasteiger partial charge in [0.15, 0.2) is 0 Å². The maximum absolute atomic E-state index is 12.3. The number of para-hydroxylation sites is 1. The van der Waals surface area contributed by atoms with Crippen LogP contribution in [0.15, 0.2) is 24.3 Å². The molecule has 0 aromatic heterocycles. The van der Waals surface area contributed by atoms with Crippen molar-refractivity contribution >= 4 is 23.5 Å². The molecule has 1 saturated heterocycles. The molecular formula is C15H18N2O4. The molecule has 1 unspecified atom stereocenters. The van der Waals surface area contributed by atoms with E-state index in [-0.39, 0.29) is 24.3 Å². The minimum absolute atomic E-state index is 0.0228. The molecule has 21 heavy (non-hydrogen) atoms. The molecule has 6 nitrogen and oxygen atoms in total. The van der Waals surface area contributed by atoms with Crippen LogP contribution in [0.1, 0.15) is 29.6 Å². The van der Waals surface area contributed by atoms with Crippen LogP contribution in [0, 0.1) is 0 Å². The molecule has 0 saturated carbocycles. The van der Waals surface area contributed by atoms with Gasteiger partial charge in [-0.2, -0.15) is 0 Å². The minimum atomic E-state index is -0.487. The van der Waals surface area contributed by atoms with Crippen LogP contribution in [0.25, 0.3) is 0 Å². The van der Waals surface area contributed by atoms with Crippen LogP contribution in [0.4, 0.5) is 5.69 Å². The third-order valence-electron chi connectivity index (χ3n) is 3.55. The van der Waals surface area contributed by atoms with Crippen LogP contribution in [-0.2, 0) is 14.3 Å². The summed E-state index contributed by atoms with van der Waals surface area (Å²) in [6, 6.07) is 6.64. The van der Waals surface area contributed by atoms with Crippen LogP contribution >= 0.6 is 0 Å². The zero-order valence-electron chi connectivity index (χ0n) is 12.1. The summed E-state index contributed by atoms with van der Waals surface area (Å²) < 4.78 is 4.72. The first kappa shape index (κ1) is 15.0. The maximum Gasteiger partial charge on any atom is 0.339 e. The fourth-order valence-corrected chi connectivity index (χ4v) is 2.36. The molecule has 0 radical (unpaired) electrons. The number of ether oxygens (including phenoxy) is 1. The van der Waals surface area contributed by atoms with Crippen molar-refractivity contribution in [1.82, 2.24) is 5.32 Å². The third-order valence-corrected chi connectivity index (χ3v) is 3.55. The number of rotatable bonds is 4. The Kier molecular flexibility index (Phi) is 4.57. The summed E-state index contributed by atoms with van der Waals surface area (Å²) in [6.07, 6.45) is 1.34. The lowest BCUT2D eigenvalue weighted by Gasteiger charge is -2.21. The molecule has 1 aromatic carbocycles. The second-order valence-electron chi connectivity index (χ2n) is 4.97. The molecule has 6 heteroatoms. The van der Waals surface area contributed by atoms with Gasteiger partial charge in [-0.25, -0.2) is 4.79 Å². The van der Waals surface area contributed by atoms with E-state index in [0.717, 1.165) is 0 Å². The molecule has 0 bridgehead atoms. The summed E-state index contributed by atoms with van der Waals surface area (Å²) >= 11 is 0. The summed E-state index contributed by atoms with van der Waals surface area (Å²) in [4.78, 5) is 36.6. The van der Waals surface area contributed by atoms with Gasteiger partial charge in [-0.1, -0.05) is 12.1 Å². The zero-order chi connectivity index (χ0) is 15.4. The number of anilines is 1. The van der Waals surface area contributed by atoms with Crippen LogP contribution in [0.5, 0.6) is 0 Å². The topological polar surface area (TPSA) is 75.7 Å². The minimum Gasteiger partial charge on any atom is -0.465 e. The van der Waals surface area contributed by atoms with Gasteiger partial charge in [0, 0.05) is 25.9 Å². The van der Waals surface area contributed by atoms with Crippen LogP contribution in [0.3, 0.4) is 0 Å². The van der Waals surface area contributed by atoms with Gasteiger partial charge in [0.25, 0.3) is 0 Å². The van der Waals surface area contributed by atoms with Crippen molar-refractivity contribution < 1.29 is 19.1 Å². The first-order chi connectivity index (χ1) is 10.0. The van der Waals surface area contributed by atoms with Gasteiger partial charge in [-0.3, -0.25) is 9.59 Å². The number of benzene rings is 1. The number of hydrogen-bond donors (Lipinski definition) is 1. The second-order valence-corrected chi connectivity index (χ2v) is 4.97. The number of methoxy groups -OCH3 is 1. The fraction of sp³-hybridized carbons (Fsp3) is 0.400. The molecule has 112 valence electrons. The van der Waals surface area contributed by atoms with E-state index in [2.05, 4.69) is 5.32 Å². The molecular weight excluding hydrogens is 272 g/mol. The summed E-state index contributed by atoms with van der Waals surface area (Å²) in [5.41, 5.74) is 0.838. The van der Waals surface area contributed by atoms with Crippen molar-refractivity contribution in [1.29, 1.82) is 0 Å². The van der Waals surface area contributed by atoms with E-state index in [9.17, 15) is 14.4 Å². The Hall–Kier alpha value is -2.37. The Bertz CT molecular complexity index is 571. The van der Waals surface area contributed by atoms with Gasteiger partial charge in [0.2, 0.25) is 11.8 Å². The highest BCUT2D eigenvalue weighted by Gasteiger charge is 2.26. The molecule has 0 spiro atoms. The lowest BCUT2D eigenvalue weighted by atomic mass is 10.1. The summed E-state index contributed by atoms with van der Waals surface area (Å²) in [7, 11) is 2.91. The average Bonchev–Trinajstić information content (AvgIpc) is 2.90. The Morgan fingerprint density at radius 3 is 2.71 bits per heavy atom. The van der Waals surface area contributed by atoms with E-state index in [1.54, 1.807) is 31.3 Å². The van der Waals surface area contributed by atoms with Crippen molar-refractivity contribution in [2.24, 2.45) is 0 Å². The standard InChI is InChI=1S/C15H18N2O4/c1-17(14(19)9-10-7-8-13(18)16-10)12-6-4-3-5-11(12)15(20)21-2/h3-6,10H,7-9H2,1-2H3,(H,16,18). The number of carbonyl (C=O) groups excluding carboxylic acids is 3. The van der Waals surface area contributed by atoms with E-state index >= 15 is 0 Å². The maximum atomic E-state index is 12.3. The van der Waals surface area contributed by atoms with Crippen molar-refractivity contribution in [2.45, 2.75) is 25.3 Å². The largest absolute Gasteiger partial charge is 0.465 e. The molecule has 0 aliphatic carbocycles. The van der Waals surface area contributed by atoms with E-state index in [1.165, 1.54) is 12.0 Å². The van der Waals surface area contributed by atoms with E-state index in [1.807, 2.05) is 0 Å². The lowest BCUT2D eigenvalue weighted by molar-refractivity contribution is -0.119. The molecule has 2 amide bonds. The molecule has 1 atom stereocenters. The molecule has 1 aliphatic heterocycles. The van der Waals surface area contributed by atoms with Crippen molar-refractivity contribution in [2.75, 3.05) is 19.1 Å². The number of nitrogens with one attached hydrogen (secondary N) is 1. The van der Waals surface area contributed by atoms with Crippen LogP contribution in [0.2, 0.25) is 0 Å². The Labute approximate surface area is 123 Å². The SMILES string of the molecule is COC(=O)c1ccccc1N(C)C(=O)CC1CCC(=O)N1. The first-order valence-electron chi connectivity index (χ1n) is 6.76. The Balaban J connectivity index is 2.12. The second kappa shape index (κ2) is 6.39. The zero-order valence-corrected chi connectivity index (χ0v) is 12.1. The fourth-order valence-electron chi connectivity index (χ4n) is 2.36. The normalized spacial score (nSPS) is 17.2. The number of hydrogen-bond acceptors (Lipinski definition) is 4. The van der Waals surface area contributed by atoms with Gasteiger partial charge in [-0.05, 0) is 18.6 Å². The molecule has 1 heterocycles. The average molecular weight is 290 g/mol. The van der Waals surface area contributed by atoms with Gasteiger partial charge >= 0.3 is 5.97 Å². The molecule has 2 rings (SSSR count). The van der Waals surface area contributed by atoms with E-state index in [4.69, 9.17) is 4.74 Å². The highest BCUT2D eigenvalue weighted by atomic mass is 16.5. The van der Waals surface area contributed by atoms with Crippen molar-refractivity contribution in [3.05, 3.63) is 29.8 Å². The van der Waals surface area contributed by atoms with Crippen molar-refractivity contribution in [3.8, 4) is 0 Å². The highest BCUT2D eigenvalue weighted by Crippen LogP contribution is 2.22. The molecule has 1 aromatic rings. The first-order valence-corrected chi connectivity index (χ1v) is 6.76. The highest BCUT2D eigenvalue weighted by molar-refractivity contribution is 6.02. The summed E-state index contributed by atoms with van der Waals surface area (Å²) in [5.74, 6) is -0.664. The Morgan fingerprint density at radius 1 is 1.38 bits per heavy atom. The number of esters is 1. The van der Waals surface area contributed by atoms with E-state index in [0.29, 0.717) is 24.1 Å². The third kappa shape index (κ3) is 3.39. The summed E-state index contributed by atoms with van der Waals surface area (Å²) in [5, 5.41) is 2.76. The smallest absolute Gasteiger partial charge is 0.339 e. The number of amides is 2. The monoisotopic (exact) mass is 290 g/mol. The quantitative estimate of drug-likeness (QED) is 0.843. The van der Waals surface area contributed by atoms with E-state index < -0.39 is 5.97 Å². The summed E-state index contributed by atoms with van der Waals surface area (Å²) in [6.45, 7) is 0. The number of nitrogens with zero attached hydrogens (tertiary/aromatic N) is 1. The van der Waals surface area contributed by atoms with Gasteiger partial charge in [-0.15, -0.1) is 0 Å². The van der Waals surface area contributed by atoms with Crippen molar-refractivity contribution in [3.63, 3.8) is 0 Å². The lowest BCUT2D eigenvalue weighted by Crippen LogP contribution is -2.35. The molecule has 1 N–H and O–H groups in total.